The summed E-state index contributed by atoms with van der Waals surface area (Å²) in [6.45, 7) is 0.266. The van der Waals surface area contributed by atoms with Gasteiger partial charge < -0.3 is 15.7 Å². The van der Waals surface area contributed by atoms with Gasteiger partial charge in [0.05, 0.1) is 6.54 Å². The number of aliphatic carboxylic acids is 1. The number of nitrogens with two attached hydrogens (primary N) is 1. The highest BCUT2D eigenvalue weighted by Gasteiger charge is 2.52. The minimum Gasteiger partial charge on any atom is -0.479 e. The van der Waals surface area contributed by atoms with Crippen LogP contribution in [0.3, 0.4) is 0 Å². The van der Waals surface area contributed by atoms with E-state index in [1.165, 1.54) is 16.0 Å². The molecule has 1 saturated heterocycles. The van der Waals surface area contributed by atoms with Gasteiger partial charge in [-0.25, -0.2) is 4.79 Å². The van der Waals surface area contributed by atoms with Crippen molar-refractivity contribution in [1.29, 1.82) is 0 Å². The SMILES string of the molecule is NCC(=O)N1CCC[C@]1(C(=O)O)c1cccc2c1CCc1ccccc1C2. The lowest BCUT2D eigenvalue weighted by Gasteiger charge is -2.37. The third kappa shape index (κ3) is 2.73. The van der Waals surface area contributed by atoms with E-state index in [0.717, 1.165) is 36.0 Å². The number of rotatable bonds is 3. The second kappa shape index (κ2) is 6.82. The molecule has 1 heterocycles. The molecule has 0 radical (unpaired) electrons. The van der Waals surface area contributed by atoms with Gasteiger partial charge in [0.1, 0.15) is 0 Å². The molecule has 27 heavy (non-hydrogen) atoms. The maximum Gasteiger partial charge on any atom is 0.334 e. The molecular weight excluding hydrogens is 340 g/mol. The van der Waals surface area contributed by atoms with Crippen LogP contribution in [0.1, 0.15) is 40.7 Å². The molecule has 1 aliphatic heterocycles. The minimum absolute atomic E-state index is 0.171. The van der Waals surface area contributed by atoms with Gasteiger partial charge in [0.25, 0.3) is 0 Å². The van der Waals surface area contributed by atoms with E-state index in [4.69, 9.17) is 5.73 Å². The van der Waals surface area contributed by atoms with E-state index in [-0.39, 0.29) is 12.5 Å². The maximum atomic E-state index is 12.5. The molecule has 0 bridgehead atoms. The van der Waals surface area contributed by atoms with E-state index in [1.54, 1.807) is 0 Å². The molecule has 1 atom stereocenters. The van der Waals surface area contributed by atoms with Gasteiger partial charge in [0.2, 0.25) is 5.91 Å². The van der Waals surface area contributed by atoms with Crippen molar-refractivity contribution in [3.8, 4) is 0 Å². The third-order valence-corrected chi connectivity index (χ3v) is 6.07. The van der Waals surface area contributed by atoms with Crippen molar-refractivity contribution < 1.29 is 14.7 Å². The third-order valence-electron chi connectivity index (χ3n) is 6.07. The predicted octanol–water partition coefficient (Wildman–Crippen LogP) is 2.24. The Labute approximate surface area is 158 Å². The molecule has 0 saturated carbocycles. The van der Waals surface area contributed by atoms with Gasteiger partial charge in [-0.3, -0.25) is 4.79 Å². The molecule has 2 aromatic rings. The summed E-state index contributed by atoms with van der Waals surface area (Å²) in [6.07, 6.45) is 3.54. The monoisotopic (exact) mass is 364 g/mol. The summed E-state index contributed by atoms with van der Waals surface area (Å²) in [5.74, 6) is -1.26. The molecule has 1 amide bonds. The van der Waals surface area contributed by atoms with E-state index < -0.39 is 11.5 Å². The molecule has 4 rings (SSSR count). The van der Waals surface area contributed by atoms with Crippen LogP contribution in [0.25, 0.3) is 0 Å². The number of hydrogen-bond acceptors (Lipinski definition) is 3. The zero-order chi connectivity index (χ0) is 19.0. The lowest BCUT2D eigenvalue weighted by molar-refractivity contribution is -0.157. The first-order valence-electron chi connectivity index (χ1n) is 9.50. The van der Waals surface area contributed by atoms with Gasteiger partial charge in [-0.1, -0.05) is 42.5 Å². The van der Waals surface area contributed by atoms with Crippen molar-refractivity contribution in [2.75, 3.05) is 13.1 Å². The highest BCUT2D eigenvalue weighted by atomic mass is 16.4. The summed E-state index contributed by atoms with van der Waals surface area (Å²) in [4.78, 5) is 26.5. The number of carboxylic acids is 1. The summed E-state index contributed by atoms with van der Waals surface area (Å²) >= 11 is 0. The van der Waals surface area contributed by atoms with Crippen molar-refractivity contribution in [3.63, 3.8) is 0 Å². The number of hydrogen-bond donors (Lipinski definition) is 2. The molecule has 3 N–H and O–H groups in total. The number of likely N-dealkylation sites (tertiary alicyclic amines) is 1. The highest BCUT2D eigenvalue weighted by Crippen LogP contribution is 2.43. The van der Waals surface area contributed by atoms with Crippen LogP contribution < -0.4 is 5.73 Å². The number of fused-ring (bicyclic) bond motifs is 2. The van der Waals surface area contributed by atoms with Crippen LogP contribution in [0.5, 0.6) is 0 Å². The molecule has 2 aliphatic rings. The Balaban J connectivity index is 1.86. The van der Waals surface area contributed by atoms with Gasteiger partial charge >= 0.3 is 5.97 Å². The Hall–Kier alpha value is -2.66. The van der Waals surface area contributed by atoms with Crippen molar-refractivity contribution in [2.24, 2.45) is 5.73 Å². The molecule has 0 aromatic heterocycles. The molecule has 2 aromatic carbocycles. The summed E-state index contributed by atoms with van der Waals surface area (Å²) in [7, 11) is 0. The van der Waals surface area contributed by atoms with E-state index >= 15 is 0 Å². The molecule has 1 aliphatic carbocycles. The molecule has 0 spiro atoms. The average molecular weight is 364 g/mol. The second-order valence-corrected chi connectivity index (χ2v) is 7.41. The normalized spacial score (nSPS) is 21.3. The molecule has 0 unspecified atom stereocenters. The zero-order valence-electron chi connectivity index (χ0n) is 15.3. The fraction of sp³-hybridized carbons (Fsp3) is 0.364. The zero-order valence-corrected chi connectivity index (χ0v) is 15.3. The Kier molecular flexibility index (Phi) is 4.48. The van der Waals surface area contributed by atoms with Crippen molar-refractivity contribution in [1.82, 2.24) is 4.90 Å². The Morgan fingerprint density at radius 1 is 1.04 bits per heavy atom. The van der Waals surface area contributed by atoms with Crippen LogP contribution in [0.4, 0.5) is 0 Å². The maximum absolute atomic E-state index is 12.5. The van der Waals surface area contributed by atoms with E-state index in [1.807, 2.05) is 24.3 Å². The van der Waals surface area contributed by atoms with E-state index in [2.05, 4.69) is 18.2 Å². The quantitative estimate of drug-likeness (QED) is 0.875. The van der Waals surface area contributed by atoms with Gasteiger partial charge in [-0.2, -0.15) is 0 Å². The number of carbonyl (C=O) groups is 2. The van der Waals surface area contributed by atoms with Gasteiger partial charge in [0.15, 0.2) is 5.54 Å². The van der Waals surface area contributed by atoms with Gasteiger partial charge in [-0.05, 0) is 59.9 Å². The van der Waals surface area contributed by atoms with Crippen molar-refractivity contribution in [2.45, 2.75) is 37.6 Å². The first-order chi connectivity index (χ1) is 13.1. The molecule has 5 nitrogen and oxygen atoms in total. The Bertz CT molecular complexity index is 908. The standard InChI is InChI=1S/C22H24N2O3/c23-14-20(25)24-12-4-11-22(24,21(26)27)19-8-3-7-17-13-16-6-2-1-5-15(16)9-10-18(17)19/h1-3,5-8H,4,9-14,23H2,(H,26,27)/t22-/m1/s1. The van der Waals surface area contributed by atoms with Crippen LogP contribution >= 0.6 is 0 Å². The topological polar surface area (TPSA) is 83.6 Å². The predicted molar refractivity (Wildman–Crippen MR) is 102 cm³/mol. The van der Waals surface area contributed by atoms with Crippen molar-refractivity contribution in [3.05, 3.63) is 70.3 Å². The lowest BCUT2D eigenvalue weighted by atomic mass is 9.81. The van der Waals surface area contributed by atoms with Crippen LogP contribution in [-0.2, 0) is 34.4 Å². The molecule has 1 fully saturated rings. The summed E-state index contributed by atoms with van der Waals surface area (Å²) in [6, 6.07) is 14.3. The van der Waals surface area contributed by atoms with E-state index in [9.17, 15) is 14.7 Å². The molecule has 140 valence electrons. The fourth-order valence-corrected chi connectivity index (χ4v) is 4.81. The lowest BCUT2D eigenvalue weighted by Crippen LogP contribution is -2.52. The number of amides is 1. The molecular formula is C22H24N2O3. The summed E-state index contributed by atoms with van der Waals surface area (Å²) in [5.41, 5.74) is 9.88. The Morgan fingerprint density at radius 3 is 2.52 bits per heavy atom. The van der Waals surface area contributed by atoms with Crippen LogP contribution in [0, 0.1) is 0 Å². The first-order valence-corrected chi connectivity index (χ1v) is 9.50. The van der Waals surface area contributed by atoms with E-state index in [0.29, 0.717) is 19.4 Å². The average Bonchev–Trinajstić information content (AvgIpc) is 3.04. The summed E-state index contributed by atoms with van der Waals surface area (Å²) < 4.78 is 0. The largest absolute Gasteiger partial charge is 0.479 e. The molecule has 5 heteroatoms. The highest BCUT2D eigenvalue weighted by molar-refractivity contribution is 5.90. The van der Waals surface area contributed by atoms with Crippen LogP contribution in [-0.4, -0.2) is 35.0 Å². The smallest absolute Gasteiger partial charge is 0.334 e. The number of carboxylic acid groups (broad SMARTS) is 1. The number of benzene rings is 2. The van der Waals surface area contributed by atoms with Crippen molar-refractivity contribution >= 4 is 11.9 Å². The van der Waals surface area contributed by atoms with Gasteiger partial charge in [-0.15, -0.1) is 0 Å². The van der Waals surface area contributed by atoms with Crippen LogP contribution in [0.15, 0.2) is 42.5 Å². The fourth-order valence-electron chi connectivity index (χ4n) is 4.81. The second-order valence-electron chi connectivity index (χ2n) is 7.41. The first kappa shape index (κ1) is 17.7. The number of aryl methyl sites for hydroxylation is 1. The Morgan fingerprint density at radius 2 is 1.78 bits per heavy atom. The summed E-state index contributed by atoms with van der Waals surface area (Å²) in [5, 5.41) is 10.2. The van der Waals surface area contributed by atoms with Gasteiger partial charge in [0, 0.05) is 6.54 Å². The minimum atomic E-state index is -1.31. The number of carbonyl (C=O) groups excluding carboxylic acids is 1. The number of nitrogens with zero attached hydrogens (tertiary/aromatic N) is 1. The van der Waals surface area contributed by atoms with Crippen LogP contribution in [0.2, 0.25) is 0 Å².